The van der Waals surface area contributed by atoms with Crippen molar-refractivity contribution in [2.45, 2.75) is 33.5 Å². The zero-order valence-electron chi connectivity index (χ0n) is 10.6. The van der Waals surface area contributed by atoms with Crippen molar-refractivity contribution < 1.29 is 0 Å². The molecule has 0 unspecified atom stereocenters. The van der Waals surface area contributed by atoms with Crippen LogP contribution >= 0.6 is 0 Å². The van der Waals surface area contributed by atoms with E-state index < -0.39 is 0 Å². The van der Waals surface area contributed by atoms with Gasteiger partial charge in [0.15, 0.2) is 0 Å². The summed E-state index contributed by atoms with van der Waals surface area (Å²) in [6.45, 7) is 8.83. The van der Waals surface area contributed by atoms with E-state index in [1.54, 1.807) is 0 Å². The van der Waals surface area contributed by atoms with E-state index in [9.17, 15) is 0 Å². The van der Waals surface area contributed by atoms with Gasteiger partial charge in [-0.05, 0) is 29.7 Å². The van der Waals surface area contributed by atoms with Crippen LogP contribution in [0.1, 0.15) is 30.5 Å². The summed E-state index contributed by atoms with van der Waals surface area (Å²) in [7, 11) is 2.20. The zero-order chi connectivity index (χ0) is 11.5. The van der Waals surface area contributed by atoms with Gasteiger partial charge in [-0.15, -0.1) is 0 Å². The molecule has 1 aromatic rings. The van der Waals surface area contributed by atoms with E-state index in [0.717, 1.165) is 32.1 Å². The molecular weight excluding hydrogens is 196 g/mol. The Balaban J connectivity index is 1.99. The summed E-state index contributed by atoms with van der Waals surface area (Å²) in [6.07, 6.45) is 0. The Kier molecular flexibility index (Phi) is 3.62. The van der Waals surface area contributed by atoms with Gasteiger partial charge in [0.05, 0.1) is 0 Å². The van der Waals surface area contributed by atoms with E-state index >= 15 is 0 Å². The minimum absolute atomic E-state index is 0.737. The summed E-state index contributed by atoms with van der Waals surface area (Å²) in [6, 6.07) is 6.89. The summed E-state index contributed by atoms with van der Waals surface area (Å²) in [5, 5.41) is 3.39. The maximum atomic E-state index is 3.39. The molecule has 2 nitrogen and oxygen atoms in total. The van der Waals surface area contributed by atoms with Gasteiger partial charge in [-0.1, -0.05) is 32.0 Å². The second-order valence-electron chi connectivity index (χ2n) is 5.30. The smallest absolute Gasteiger partial charge is 0.0230 e. The number of benzene rings is 1. The van der Waals surface area contributed by atoms with E-state index in [4.69, 9.17) is 0 Å². The molecule has 0 saturated heterocycles. The lowest BCUT2D eigenvalue weighted by molar-refractivity contribution is 0.288. The first-order valence-corrected chi connectivity index (χ1v) is 6.15. The molecule has 1 aromatic carbocycles. The largest absolute Gasteiger partial charge is 0.309 e. The van der Waals surface area contributed by atoms with Crippen LogP contribution in [0.5, 0.6) is 0 Å². The topological polar surface area (TPSA) is 15.3 Å². The summed E-state index contributed by atoms with van der Waals surface area (Å²) >= 11 is 0. The lowest BCUT2D eigenvalue weighted by Crippen LogP contribution is -2.22. The molecule has 1 N–H and O–H groups in total. The van der Waals surface area contributed by atoms with Crippen LogP contribution in [0.2, 0.25) is 0 Å². The van der Waals surface area contributed by atoms with Gasteiger partial charge >= 0.3 is 0 Å². The number of nitrogens with one attached hydrogen (secondary N) is 1. The molecule has 1 heterocycles. The van der Waals surface area contributed by atoms with Crippen LogP contribution in [0.3, 0.4) is 0 Å². The van der Waals surface area contributed by atoms with Gasteiger partial charge in [-0.2, -0.15) is 0 Å². The molecule has 0 bridgehead atoms. The Morgan fingerprint density at radius 3 is 2.75 bits per heavy atom. The van der Waals surface area contributed by atoms with E-state index in [1.165, 1.54) is 16.7 Å². The molecule has 2 heteroatoms. The molecule has 0 saturated carbocycles. The van der Waals surface area contributed by atoms with Crippen molar-refractivity contribution in [3.63, 3.8) is 0 Å². The van der Waals surface area contributed by atoms with Gasteiger partial charge in [0.1, 0.15) is 0 Å². The molecule has 0 amide bonds. The quantitative estimate of drug-likeness (QED) is 0.834. The Bertz CT molecular complexity index is 358. The molecule has 0 aliphatic carbocycles. The third-order valence-corrected chi connectivity index (χ3v) is 3.03. The Morgan fingerprint density at radius 2 is 2.00 bits per heavy atom. The lowest BCUT2D eigenvalue weighted by atomic mass is 10.1. The molecule has 0 spiro atoms. The fraction of sp³-hybridized carbons (Fsp3) is 0.571. The van der Waals surface area contributed by atoms with Crippen LogP contribution in [0.15, 0.2) is 18.2 Å². The predicted molar refractivity (Wildman–Crippen MR) is 68.2 cm³/mol. The second kappa shape index (κ2) is 4.98. The Labute approximate surface area is 98.7 Å². The van der Waals surface area contributed by atoms with Crippen molar-refractivity contribution in [3.05, 3.63) is 34.9 Å². The van der Waals surface area contributed by atoms with Gasteiger partial charge < -0.3 is 10.2 Å². The summed E-state index contributed by atoms with van der Waals surface area (Å²) in [5.41, 5.74) is 4.39. The SMILES string of the molecule is CC(C)CN(C)Cc1ccc2c(c1)CNC2. The molecule has 2 rings (SSSR count). The third kappa shape index (κ3) is 2.83. The predicted octanol–water partition coefficient (Wildman–Crippen LogP) is 2.38. The van der Waals surface area contributed by atoms with Crippen LogP contribution in [0.25, 0.3) is 0 Å². The van der Waals surface area contributed by atoms with E-state index in [1.807, 2.05) is 0 Å². The van der Waals surface area contributed by atoms with Crippen LogP contribution in [-0.2, 0) is 19.6 Å². The standard InChI is InChI=1S/C14H22N2/c1-11(2)9-16(3)10-12-4-5-13-7-15-8-14(13)6-12/h4-6,11,15H,7-10H2,1-3H3. The van der Waals surface area contributed by atoms with Gasteiger partial charge in [-0.25, -0.2) is 0 Å². The van der Waals surface area contributed by atoms with Gasteiger partial charge in [0.2, 0.25) is 0 Å². The average Bonchev–Trinajstić information content (AvgIpc) is 2.63. The highest BCUT2D eigenvalue weighted by molar-refractivity contribution is 5.34. The minimum atomic E-state index is 0.737. The first-order chi connectivity index (χ1) is 7.65. The molecule has 0 atom stereocenters. The van der Waals surface area contributed by atoms with Gasteiger partial charge in [-0.3, -0.25) is 0 Å². The molecule has 1 aliphatic heterocycles. The Morgan fingerprint density at radius 1 is 1.25 bits per heavy atom. The number of nitrogens with zero attached hydrogens (tertiary/aromatic N) is 1. The highest BCUT2D eigenvalue weighted by atomic mass is 15.1. The molecule has 88 valence electrons. The van der Waals surface area contributed by atoms with Crippen molar-refractivity contribution in [2.24, 2.45) is 5.92 Å². The van der Waals surface area contributed by atoms with Crippen molar-refractivity contribution in [3.8, 4) is 0 Å². The fourth-order valence-electron chi connectivity index (χ4n) is 2.45. The van der Waals surface area contributed by atoms with Crippen LogP contribution in [0.4, 0.5) is 0 Å². The van der Waals surface area contributed by atoms with Crippen LogP contribution in [-0.4, -0.2) is 18.5 Å². The summed E-state index contributed by atoms with van der Waals surface area (Å²) < 4.78 is 0. The van der Waals surface area contributed by atoms with Crippen LogP contribution in [0, 0.1) is 5.92 Å². The Hall–Kier alpha value is -0.860. The van der Waals surface area contributed by atoms with E-state index in [-0.39, 0.29) is 0 Å². The zero-order valence-corrected chi connectivity index (χ0v) is 10.6. The molecule has 16 heavy (non-hydrogen) atoms. The molecule has 0 aromatic heterocycles. The van der Waals surface area contributed by atoms with Crippen LogP contribution < -0.4 is 5.32 Å². The van der Waals surface area contributed by atoms with Crippen molar-refractivity contribution in [1.29, 1.82) is 0 Å². The minimum Gasteiger partial charge on any atom is -0.309 e. The molecule has 0 radical (unpaired) electrons. The van der Waals surface area contributed by atoms with Gasteiger partial charge in [0, 0.05) is 26.2 Å². The molecule has 0 fully saturated rings. The summed E-state index contributed by atoms with van der Waals surface area (Å²) in [4.78, 5) is 2.40. The second-order valence-corrected chi connectivity index (χ2v) is 5.30. The maximum absolute atomic E-state index is 3.39. The lowest BCUT2D eigenvalue weighted by Gasteiger charge is -2.19. The monoisotopic (exact) mass is 218 g/mol. The van der Waals surface area contributed by atoms with Crippen molar-refractivity contribution in [2.75, 3.05) is 13.6 Å². The van der Waals surface area contributed by atoms with E-state index in [0.29, 0.717) is 0 Å². The molecule has 1 aliphatic rings. The fourth-order valence-corrected chi connectivity index (χ4v) is 2.45. The number of fused-ring (bicyclic) bond motifs is 1. The normalized spacial score (nSPS) is 14.8. The number of hydrogen-bond donors (Lipinski definition) is 1. The van der Waals surface area contributed by atoms with Crippen molar-refractivity contribution in [1.82, 2.24) is 10.2 Å². The highest BCUT2D eigenvalue weighted by Gasteiger charge is 2.10. The average molecular weight is 218 g/mol. The summed E-state index contributed by atoms with van der Waals surface area (Å²) in [5.74, 6) is 0.737. The first-order valence-electron chi connectivity index (χ1n) is 6.15. The van der Waals surface area contributed by atoms with Gasteiger partial charge in [0.25, 0.3) is 0 Å². The highest BCUT2D eigenvalue weighted by Crippen LogP contribution is 2.18. The molecular formula is C14H22N2. The maximum Gasteiger partial charge on any atom is 0.0230 e. The van der Waals surface area contributed by atoms with E-state index in [2.05, 4.69) is 49.3 Å². The third-order valence-electron chi connectivity index (χ3n) is 3.03. The number of rotatable bonds is 4. The number of hydrogen-bond acceptors (Lipinski definition) is 2. The first kappa shape index (κ1) is 11.6. The van der Waals surface area contributed by atoms with Crippen molar-refractivity contribution >= 4 is 0 Å².